The molecule has 0 fully saturated rings. The van der Waals surface area contributed by atoms with Crippen LogP contribution in [0.2, 0.25) is 0 Å². The first-order valence-electron chi connectivity index (χ1n) is 9.47. The van der Waals surface area contributed by atoms with Gasteiger partial charge < -0.3 is 11.5 Å². The number of unbranched alkanes of at least 4 members (excludes halogenated alkanes) is 1. The molecule has 146 valence electrons. The largest absolute Gasteiger partial charge is 0.302 e. The zero-order valence-electron chi connectivity index (χ0n) is 16.1. The van der Waals surface area contributed by atoms with E-state index < -0.39 is 6.29 Å². The normalized spacial score (nSPS) is 12.8. The fraction of sp³-hybridized carbons (Fsp3) is 0.476. The van der Waals surface area contributed by atoms with Gasteiger partial charge in [0.1, 0.15) is 6.29 Å². The molecule has 0 unspecified atom stereocenters. The highest BCUT2D eigenvalue weighted by molar-refractivity contribution is 5.75. The number of hydrogen-bond acceptors (Lipinski definition) is 4. The molecule has 26 heavy (non-hydrogen) atoms. The van der Waals surface area contributed by atoms with Crippen molar-refractivity contribution in [1.29, 1.82) is 0 Å². The Morgan fingerprint density at radius 2 is 1.27 bits per heavy atom. The van der Waals surface area contributed by atoms with Crippen molar-refractivity contribution in [2.24, 2.45) is 11.5 Å². The van der Waals surface area contributed by atoms with Gasteiger partial charge in [-0.05, 0) is 44.9 Å². The number of hydrazine groups is 1. The predicted molar refractivity (Wildman–Crippen MR) is 112 cm³/mol. The van der Waals surface area contributed by atoms with Crippen molar-refractivity contribution in [1.82, 2.24) is 10.9 Å². The summed E-state index contributed by atoms with van der Waals surface area (Å²) < 4.78 is 0. The molecule has 0 aromatic rings. The highest BCUT2D eigenvalue weighted by Gasteiger charge is 1.99. The van der Waals surface area contributed by atoms with Crippen molar-refractivity contribution in [3.63, 3.8) is 0 Å². The van der Waals surface area contributed by atoms with Gasteiger partial charge in [-0.25, -0.2) is 5.43 Å². The number of amides is 1. The Morgan fingerprint density at radius 1 is 0.808 bits per heavy atom. The molecule has 0 aromatic heterocycles. The van der Waals surface area contributed by atoms with Crippen molar-refractivity contribution in [2.75, 3.05) is 0 Å². The van der Waals surface area contributed by atoms with E-state index in [0.717, 1.165) is 44.9 Å². The lowest BCUT2D eigenvalue weighted by Crippen LogP contribution is -2.53. The van der Waals surface area contributed by atoms with Gasteiger partial charge in [0.05, 0.1) is 0 Å². The first-order valence-corrected chi connectivity index (χ1v) is 9.47. The Morgan fingerprint density at radius 3 is 1.73 bits per heavy atom. The summed E-state index contributed by atoms with van der Waals surface area (Å²) in [7, 11) is 0. The molecular formula is C21H36N4O. The van der Waals surface area contributed by atoms with Crippen LogP contribution in [-0.2, 0) is 4.79 Å². The smallest absolute Gasteiger partial charge is 0.234 e. The van der Waals surface area contributed by atoms with E-state index in [1.165, 1.54) is 0 Å². The van der Waals surface area contributed by atoms with Crippen LogP contribution in [-0.4, -0.2) is 12.2 Å². The van der Waals surface area contributed by atoms with Crippen LogP contribution in [0.15, 0.2) is 60.8 Å². The van der Waals surface area contributed by atoms with Gasteiger partial charge in [0.25, 0.3) is 0 Å². The minimum Gasteiger partial charge on any atom is -0.302 e. The third-order valence-electron chi connectivity index (χ3n) is 3.31. The van der Waals surface area contributed by atoms with Crippen molar-refractivity contribution in [2.45, 2.75) is 64.6 Å². The highest BCUT2D eigenvalue weighted by Crippen LogP contribution is 1.99. The molecule has 0 spiro atoms. The van der Waals surface area contributed by atoms with Crippen LogP contribution >= 0.6 is 0 Å². The zero-order chi connectivity index (χ0) is 19.3. The summed E-state index contributed by atoms with van der Waals surface area (Å²) in [6, 6.07) is 0. The second-order valence-electron chi connectivity index (χ2n) is 5.82. The SMILES string of the molecule is CCC=CCC=CCC=CCC=CCC=CCCCC(=O)NNC(N)N. The average Bonchev–Trinajstić information content (AvgIpc) is 2.62. The van der Waals surface area contributed by atoms with Crippen LogP contribution in [0, 0.1) is 0 Å². The molecule has 0 aliphatic heterocycles. The Balaban J connectivity index is 3.51. The molecule has 0 heterocycles. The van der Waals surface area contributed by atoms with Gasteiger partial charge >= 0.3 is 0 Å². The topological polar surface area (TPSA) is 93.2 Å². The molecule has 5 nitrogen and oxygen atoms in total. The lowest BCUT2D eigenvalue weighted by molar-refractivity contribution is -0.122. The van der Waals surface area contributed by atoms with E-state index in [2.05, 4.69) is 78.5 Å². The molecule has 0 aromatic carbocycles. The molecule has 1 amide bonds. The van der Waals surface area contributed by atoms with E-state index in [1.54, 1.807) is 0 Å². The lowest BCUT2D eigenvalue weighted by atomic mass is 10.2. The van der Waals surface area contributed by atoms with E-state index >= 15 is 0 Å². The second kappa shape index (κ2) is 19.4. The van der Waals surface area contributed by atoms with Gasteiger partial charge in [0.15, 0.2) is 0 Å². The molecule has 0 aliphatic rings. The third-order valence-corrected chi connectivity index (χ3v) is 3.31. The number of nitrogens with two attached hydrogens (primary N) is 2. The molecule has 0 rings (SSSR count). The first-order chi connectivity index (χ1) is 12.7. The van der Waals surface area contributed by atoms with Crippen LogP contribution in [0.4, 0.5) is 0 Å². The Hall–Kier alpha value is -1.95. The standard InChI is InChI=1S/C21H36N4O/c1-2-3-4-5-6-7-8-9-10-11-12-13-14-15-16-17-18-19-20(26)24-25-21(22)23/h3-4,6-7,9-10,12-13,15-16,21,25H,2,5,8,11,14,17-19,22-23H2,1H3,(H,24,26). The molecule has 0 atom stereocenters. The fourth-order valence-corrected chi connectivity index (χ4v) is 1.98. The lowest BCUT2D eigenvalue weighted by Gasteiger charge is -2.09. The van der Waals surface area contributed by atoms with Crippen LogP contribution in [0.5, 0.6) is 0 Å². The van der Waals surface area contributed by atoms with Gasteiger partial charge in [-0.3, -0.25) is 10.2 Å². The molecule has 0 saturated carbocycles. The number of nitrogens with one attached hydrogen (secondary N) is 2. The summed E-state index contributed by atoms with van der Waals surface area (Å²) in [5.41, 5.74) is 15.4. The Kier molecular flexibility index (Phi) is 17.9. The van der Waals surface area contributed by atoms with Crippen LogP contribution < -0.4 is 22.3 Å². The molecular weight excluding hydrogens is 324 g/mol. The van der Waals surface area contributed by atoms with Crippen molar-refractivity contribution in [3.8, 4) is 0 Å². The maximum Gasteiger partial charge on any atom is 0.234 e. The van der Waals surface area contributed by atoms with E-state index in [0.29, 0.717) is 6.42 Å². The monoisotopic (exact) mass is 360 g/mol. The summed E-state index contributed by atoms with van der Waals surface area (Å²) in [6.45, 7) is 2.15. The molecule has 5 heteroatoms. The maximum absolute atomic E-state index is 11.4. The van der Waals surface area contributed by atoms with Crippen molar-refractivity contribution in [3.05, 3.63) is 60.8 Å². The van der Waals surface area contributed by atoms with E-state index in [-0.39, 0.29) is 5.91 Å². The molecule has 6 N–H and O–H groups in total. The van der Waals surface area contributed by atoms with E-state index in [1.807, 2.05) is 0 Å². The van der Waals surface area contributed by atoms with E-state index in [9.17, 15) is 4.79 Å². The minimum atomic E-state index is -0.732. The maximum atomic E-state index is 11.4. The first kappa shape index (κ1) is 24.1. The van der Waals surface area contributed by atoms with Crippen LogP contribution in [0.25, 0.3) is 0 Å². The van der Waals surface area contributed by atoms with Crippen LogP contribution in [0.1, 0.15) is 58.3 Å². The summed E-state index contributed by atoms with van der Waals surface area (Å²) in [4.78, 5) is 11.4. The van der Waals surface area contributed by atoms with Crippen LogP contribution in [0.3, 0.4) is 0 Å². The molecule has 0 aliphatic carbocycles. The quantitative estimate of drug-likeness (QED) is 0.155. The average molecular weight is 361 g/mol. The number of rotatable bonds is 15. The van der Waals surface area contributed by atoms with Gasteiger partial charge in [-0.2, -0.15) is 0 Å². The van der Waals surface area contributed by atoms with Gasteiger partial charge in [0, 0.05) is 6.42 Å². The summed E-state index contributed by atoms with van der Waals surface area (Å²) in [5, 5.41) is 0. The fourth-order valence-electron chi connectivity index (χ4n) is 1.98. The Labute approximate surface area is 159 Å². The predicted octanol–water partition coefficient (Wildman–Crippen LogP) is 3.73. The van der Waals surface area contributed by atoms with Gasteiger partial charge in [0.2, 0.25) is 5.91 Å². The summed E-state index contributed by atoms with van der Waals surface area (Å²) in [6.07, 6.45) is 28.1. The number of allylic oxidation sites excluding steroid dienone is 10. The molecule has 0 saturated heterocycles. The van der Waals surface area contributed by atoms with Gasteiger partial charge in [-0.15, -0.1) is 0 Å². The van der Waals surface area contributed by atoms with Crippen molar-refractivity contribution >= 4 is 5.91 Å². The summed E-state index contributed by atoms with van der Waals surface area (Å²) in [5.74, 6) is -0.0988. The Bertz CT molecular complexity index is 476. The number of carbonyl (C=O) groups excluding carboxylic acids is 1. The minimum absolute atomic E-state index is 0.0988. The highest BCUT2D eigenvalue weighted by atomic mass is 16.2. The number of hydrogen-bond donors (Lipinski definition) is 4. The summed E-state index contributed by atoms with van der Waals surface area (Å²) >= 11 is 0. The second-order valence-corrected chi connectivity index (χ2v) is 5.82. The zero-order valence-corrected chi connectivity index (χ0v) is 16.1. The number of carbonyl (C=O) groups is 1. The van der Waals surface area contributed by atoms with E-state index in [4.69, 9.17) is 11.5 Å². The molecule has 0 bridgehead atoms. The third kappa shape index (κ3) is 20.1. The van der Waals surface area contributed by atoms with Gasteiger partial charge in [-0.1, -0.05) is 67.7 Å². The van der Waals surface area contributed by atoms with Crippen molar-refractivity contribution < 1.29 is 4.79 Å². The molecule has 0 radical (unpaired) electrons.